The number of sulfonamides is 1. The Kier molecular flexibility index (Phi) is 6.40. The molecule has 0 saturated heterocycles. The second-order valence-corrected chi connectivity index (χ2v) is 9.72. The van der Waals surface area contributed by atoms with Crippen molar-refractivity contribution in [3.63, 3.8) is 0 Å². The van der Waals surface area contributed by atoms with E-state index in [1.807, 2.05) is 12.1 Å². The van der Waals surface area contributed by atoms with Gasteiger partial charge in [0.15, 0.2) is 0 Å². The van der Waals surface area contributed by atoms with E-state index in [-0.39, 0.29) is 30.4 Å². The van der Waals surface area contributed by atoms with Gasteiger partial charge in [-0.1, -0.05) is 6.07 Å². The third kappa shape index (κ3) is 4.99. The first kappa shape index (κ1) is 20.5. The average Bonchev–Trinajstić information content (AvgIpc) is 2.63. The van der Waals surface area contributed by atoms with E-state index in [0.717, 1.165) is 37.6 Å². The normalized spacial score (nSPS) is 28.7. The van der Waals surface area contributed by atoms with Gasteiger partial charge in [0.1, 0.15) is 0 Å². The Bertz CT molecular complexity index is 812. The molecule has 27 heavy (non-hydrogen) atoms. The van der Waals surface area contributed by atoms with E-state index in [1.54, 1.807) is 11.5 Å². The van der Waals surface area contributed by atoms with E-state index >= 15 is 0 Å². The zero-order chi connectivity index (χ0) is 19.6. The van der Waals surface area contributed by atoms with Gasteiger partial charge in [0, 0.05) is 23.9 Å². The molecule has 2 heterocycles. The molecule has 1 aromatic rings. The molecule has 7 nitrogen and oxygen atoms in total. The number of pyridine rings is 1. The predicted octanol–water partition coefficient (Wildman–Crippen LogP) is 1.13. The number of fused-ring (bicyclic) bond motifs is 1. The lowest BCUT2D eigenvalue weighted by Crippen LogP contribution is -2.49. The molecule has 0 aromatic carbocycles. The highest BCUT2D eigenvalue weighted by molar-refractivity contribution is 7.88. The van der Waals surface area contributed by atoms with E-state index in [1.165, 1.54) is 0 Å². The van der Waals surface area contributed by atoms with Gasteiger partial charge in [-0.05, 0) is 57.4 Å². The molecular formula is C19H30N2O5S. The van der Waals surface area contributed by atoms with Gasteiger partial charge in [0.2, 0.25) is 10.0 Å². The van der Waals surface area contributed by atoms with E-state index in [0.29, 0.717) is 30.9 Å². The molecule has 1 aliphatic carbocycles. The molecule has 0 unspecified atom stereocenters. The zero-order valence-electron chi connectivity index (χ0n) is 16.1. The van der Waals surface area contributed by atoms with Gasteiger partial charge in [-0.15, -0.1) is 0 Å². The maximum Gasteiger partial charge on any atom is 0.254 e. The number of aliphatic hydroxyl groups excluding tert-OH is 1. The van der Waals surface area contributed by atoms with Crippen LogP contribution in [0.4, 0.5) is 0 Å². The summed E-state index contributed by atoms with van der Waals surface area (Å²) in [6.07, 6.45) is 6.18. The molecule has 0 amide bonds. The largest absolute Gasteiger partial charge is 0.396 e. The minimum Gasteiger partial charge on any atom is -0.396 e. The van der Waals surface area contributed by atoms with Crippen LogP contribution in [0.15, 0.2) is 16.9 Å². The number of rotatable bonds is 6. The Labute approximate surface area is 160 Å². The maximum absolute atomic E-state index is 12.8. The van der Waals surface area contributed by atoms with Gasteiger partial charge in [-0.3, -0.25) is 4.79 Å². The van der Waals surface area contributed by atoms with Crippen LogP contribution in [0, 0.1) is 12.8 Å². The zero-order valence-corrected chi connectivity index (χ0v) is 16.9. The van der Waals surface area contributed by atoms with Crippen LogP contribution in [-0.2, 0) is 21.2 Å². The van der Waals surface area contributed by atoms with Crippen molar-refractivity contribution in [2.75, 3.05) is 19.5 Å². The van der Waals surface area contributed by atoms with Crippen LogP contribution in [0.2, 0.25) is 0 Å². The van der Waals surface area contributed by atoms with Crippen molar-refractivity contribution >= 4 is 10.0 Å². The van der Waals surface area contributed by atoms with Crippen LogP contribution in [0.1, 0.15) is 49.4 Å². The minimum absolute atomic E-state index is 0.0786. The van der Waals surface area contributed by atoms with E-state index < -0.39 is 10.0 Å². The Morgan fingerprint density at radius 3 is 2.56 bits per heavy atom. The number of aliphatic hydroxyl groups is 1. The van der Waals surface area contributed by atoms with Crippen molar-refractivity contribution < 1.29 is 18.3 Å². The van der Waals surface area contributed by atoms with Gasteiger partial charge in [-0.25, -0.2) is 13.1 Å². The Hall–Kier alpha value is -1.22. The van der Waals surface area contributed by atoms with Crippen molar-refractivity contribution in [3.05, 3.63) is 33.7 Å². The third-order valence-corrected chi connectivity index (χ3v) is 6.55. The van der Waals surface area contributed by atoms with Crippen LogP contribution in [0.25, 0.3) is 0 Å². The maximum atomic E-state index is 12.8. The molecule has 3 rings (SSSR count). The Morgan fingerprint density at radius 1 is 1.22 bits per heavy atom. The first-order valence-electron chi connectivity index (χ1n) is 9.69. The van der Waals surface area contributed by atoms with Crippen LogP contribution < -0.4 is 10.3 Å². The Balaban J connectivity index is 1.80. The minimum atomic E-state index is -3.38. The lowest BCUT2D eigenvalue weighted by atomic mass is 9.88. The topological polar surface area (TPSA) is 97.6 Å². The molecule has 0 spiro atoms. The summed E-state index contributed by atoms with van der Waals surface area (Å²) in [6.45, 7) is 2.30. The average molecular weight is 399 g/mol. The highest BCUT2D eigenvalue weighted by Crippen LogP contribution is 2.29. The summed E-state index contributed by atoms with van der Waals surface area (Å²) in [7, 11) is -3.38. The van der Waals surface area contributed by atoms with E-state index in [4.69, 9.17) is 4.74 Å². The predicted molar refractivity (Wildman–Crippen MR) is 103 cm³/mol. The molecular weight excluding hydrogens is 368 g/mol. The number of nitrogens with zero attached hydrogens (tertiary/aromatic N) is 1. The van der Waals surface area contributed by atoms with Crippen LogP contribution in [0.5, 0.6) is 0 Å². The standard InChI is InChI=1S/C19H30N2O5S/c1-13-3-6-15-7-10-17(20-27(2,24)25)18(21(15)19(13)23)12-26-16-8-4-14(11-22)5-9-16/h3,6,14,16-18,20,22H,4-5,7-12H2,1-2H3/t14?,16?,17-,18-/m0/s1. The summed E-state index contributed by atoms with van der Waals surface area (Å²) in [5.74, 6) is 0.352. The first-order chi connectivity index (χ1) is 12.8. The number of hydrogen-bond acceptors (Lipinski definition) is 5. The summed E-state index contributed by atoms with van der Waals surface area (Å²) < 4.78 is 34.2. The summed E-state index contributed by atoms with van der Waals surface area (Å²) in [5, 5.41) is 9.28. The molecule has 8 heteroatoms. The van der Waals surface area contributed by atoms with Gasteiger partial charge in [0.05, 0.1) is 25.0 Å². The van der Waals surface area contributed by atoms with E-state index in [9.17, 15) is 18.3 Å². The third-order valence-electron chi connectivity index (χ3n) is 5.82. The molecule has 2 atom stereocenters. The highest BCUT2D eigenvalue weighted by atomic mass is 32.2. The van der Waals surface area contributed by atoms with Crippen molar-refractivity contribution in [1.82, 2.24) is 9.29 Å². The fourth-order valence-corrected chi connectivity index (χ4v) is 5.08. The SMILES string of the molecule is Cc1ccc2n(c1=O)[C@@H](COC1CCC(CO)CC1)[C@@H](NS(C)(=O)=O)CC2. The van der Waals surface area contributed by atoms with Gasteiger partial charge in [0.25, 0.3) is 5.56 Å². The summed E-state index contributed by atoms with van der Waals surface area (Å²) in [6, 6.07) is 3.06. The molecule has 152 valence electrons. The first-order valence-corrected chi connectivity index (χ1v) is 11.6. The number of aryl methyl sites for hydroxylation is 2. The van der Waals surface area contributed by atoms with Gasteiger partial charge in [-0.2, -0.15) is 0 Å². The second kappa shape index (κ2) is 8.43. The van der Waals surface area contributed by atoms with Crippen molar-refractivity contribution in [2.45, 2.75) is 63.6 Å². The van der Waals surface area contributed by atoms with Crippen LogP contribution in [-0.4, -0.2) is 49.7 Å². The monoisotopic (exact) mass is 398 g/mol. The number of aromatic nitrogens is 1. The number of hydrogen-bond donors (Lipinski definition) is 2. The Morgan fingerprint density at radius 2 is 1.93 bits per heavy atom. The fourth-order valence-electron chi connectivity index (χ4n) is 4.26. The van der Waals surface area contributed by atoms with E-state index in [2.05, 4.69) is 4.72 Å². The lowest BCUT2D eigenvalue weighted by Gasteiger charge is -2.37. The highest BCUT2D eigenvalue weighted by Gasteiger charge is 2.33. The molecule has 1 aliphatic heterocycles. The van der Waals surface area contributed by atoms with Crippen LogP contribution in [0.3, 0.4) is 0 Å². The van der Waals surface area contributed by atoms with Crippen molar-refractivity contribution in [3.8, 4) is 0 Å². The van der Waals surface area contributed by atoms with Crippen molar-refractivity contribution in [1.29, 1.82) is 0 Å². The molecule has 1 saturated carbocycles. The molecule has 1 aromatic heterocycles. The quantitative estimate of drug-likeness (QED) is 0.749. The summed E-state index contributed by atoms with van der Waals surface area (Å²) in [4.78, 5) is 12.8. The number of ether oxygens (including phenoxy) is 1. The number of nitrogens with one attached hydrogen (secondary N) is 1. The smallest absolute Gasteiger partial charge is 0.254 e. The fraction of sp³-hybridized carbons (Fsp3) is 0.737. The second-order valence-electron chi connectivity index (χ2n) is 7.94. The molecule has 1 fully saturated rings. The summed E-state index contributed by atoms with van der Waals surface area (Å²) >= 11 is 0. The van der Waals surface area contributed by atoms with Crippen molar-refractivity contribution in [2.24, 2.45) is 5.92 Å². The molecule has 0 radical (unpaired) electrons. The van der Waals surface area contributed by atoms with Gasteiger partial charge >= 0.3 is 0 Å². The van der Waals surface area contributed by atoms with Crippen LogP contribution >= 0.6 is 0 Å². The lowest BCUT2D eigenvalue weighted by molar-refractivity contribution is -0.0112. The molecule has 2 aliphatic rings. The molecule has 2 N–H and O–H groups in total. The van der Waals surface area contributed by atoms with Gasteiger partial charge < -0.3 is 14.4 Å². The molecule has 0 bridgehead atoms. The summed E-state index contributed by atoms with van der Waals surface area (Å²) in [5.41, 5.74) is 1.49.